The number of aromatic nitrogens is 1. The van der Waals surface area contributed by atoms with Crippen LogP contribution >= 0.6 is 15.9 Å². The number of pyridine rings is 1. The number of nitrogens with two attached hydrogens (primary N) is 1. The number of anilines is 1. The lowest BCUT2D eigenvalue weighted by Crippen LogP contribution is -2.16. The van der Waals surface area contributed by atoms with E-state index in [4.69, 9.17) is 15.7 Å². The molecule has 6 nitrogen and oxygen atoms in total. The van der Waals surface area contributed by atoms with Crippen molar-refractivity contribution in [3.63, 3.8) is 0 Å². The maximum atomic E-state index is 14.3. The molecule has 1 aromatic heterocycles. The Morgan fingerprint density at radius 3 is 2.50 bits per heavy atom. The van der Waals surface area contributed by atoms with E-state index in [1.807, 2.05) is 0 Å². The van der Waals surface area contributed by atoms with Crippen LogP contribution in [-0.4, -0.2) is 12.1 Å². The molecule has 0 spiro atoms. The van der Waals surface area contributed by atoms with E-state index in [0.29, 0.717) is 4.47 Å². The molecule has 0 bridgehead atoms. The van der Waals surface area contributed by atoms with Gasteiger partial charge in [-0.15, -0.1) is 0 Å². The molecule has 22 heavy (non-hydrogen) atoms. The normalized spacial score (nSPS) is 9.86. The van der Waals surface area contributed by atoms with E-state index in [1.54, 1.807) is 12.1 Å². The van der Waals surface area contributed by atoms with E-state index in [1.165, 1.54) is 13.2 Å². The van der Waals surface area contributed by atoms with Gasteiger partial charge in [0.25, 0.3) is 5.56 Å². The number of nitrogens with zero attached hydrogens (tertiary/aromatic N) is 2. The molecule has 0 saturated heterocycles. The second-order valence-electron chi connectivity index (χ2n) is 4.18. The Bertz CT molecular complexity index is 909. The minimum absolute atomic E-state index is 0.0985. The number of halogens is 2. The maximum Gasteiger partial charge on any atom is 0.268 e. The lowest BCUT2D eigenvalue weighted by molar-refractivity contribution is 0.409. The first-order valence-corrected chi connectivity index (χ1v) is 6.63. The number of rotatable bonds is 2. The van der Waals surface area contributed by atoms with Gasteiger partial charge >= 0.3 is 0 Å². The van der Waals surface area contributed by atoms with Crippen molar-refractivity contribution in [1.82, 2.24) is 4.98 Å². The third-order valence-electron chi connectivity index (χ3n) is 2.98. The molecule has 0 aliphatic rings. The van der Waals surface area contributed by atoms with E-state index in [0.717, 1.165) is 6.07 Å². The molecule has 0 radical (unpaired) electrons. The fourth-order valence-corrected chi connectivity index (χ4v) is 2.49. The molecule has 2 aromatic rings. The third kappa shape index (κ3) is 2.41. The highest BCUT2D eigenvalue weighted by molar-refractivity contribution is 9.10. The maximum absolute atomic E-state index is 14.3. The molecular weight excluding hydrogens is 355 g/mol. The van der Waals surface area contributed by atoms with Gasteiger partial charge < -0.3 is 15.5 Å². The Morgan fingerprint density at radius 2 is 1.95 bits per heavy atom. The Balaban J connectivity index is 2.96. The van der Waals surface area contributed by atoms with Gasteiger partial charge in [0.05, 0.1) is 11.6 Å². The van der Waals surface area contributed by atoms with Crippen molar-refractivity contribution in [3.05, 3.63) is 43.9 Å². The van der Waals surface area contributed by atoms with Crippen LogP contribution in [0.4, 0.5) is 10.2 Å². The summed E-state index contributed by atoms with van der Waals surface area (Å²) in [5.74, 6) is -0.748. The van der Waals surface area contributed by atoms with E-state index in [2.05, 4.69) is 20.9 Å². The summed E-state index contributed by atoms with van der Waals surface area (Å²) in [5, 5.41) is 18.4. The number of H-pyrrole nitrogens is 1. The second kappa shape index (κ2) is 5.88. The number of hydrogen-bond donors (Lipinski definition) is 2. The molecule has 0 aliphatic carbocycles. The summed E-state index contributed by atoms with van der Waals surface area (Å²) >= 11 is 3.19. The fourth-order valence-electron chi connectivity index (χ4n) is 1.99. The molecule has 0 atom stereocenters. The summed E-state index contributed by atoms with van der Waals surface area (Å²) in [6.07, 6.45) is 0. The van der Waals surface area contributed by atoms with Crippen LogP contribution in [-0.2, 0) is 0 Å². The van der Waals surface area contributed by atoms with Crippen LogP contribution in [0.3, 0.4) is 0 Å². The molecule has 1 heterocycles. The fraction of sp³-hybridized carbons (Fsp3) is 0.0714. The van der Waals surface area contributed by atoms with Crippen molar-refractivity contribution >= 4 is 21.7 Å². The van der Waals surface area contributed by atoms with Gasteiger partial charge in [-0.2, -0.15) is 10.5 Å². The van der Waals surface area contributed by atoms with Crippen molar-refractivity contribution < 1.29 is 9.13 Å². The molecule has 0 fully saturated rings. The van der Waals surface area contributed by atoms with Crippen LogP contribution in [0.15, 0.2) is 21.4 Å². The van der Waals surface area contributed by atoms with Crippen molar-refractivity contribution in [1.29, 1.82) is 10.5 Å². The highest BCUT2D eigenvalue weighted by Crippen LogP contribution is 2.36. The van der Waals surface area contributed by atoms with Crippen LogP contribution in [0.2, 0.25) is 0 Å². The second-order valence-corrected chi connectivity index (χ2v) is 5.04. The molecule has 8 heteroatoms. The SMILES string of the molecule is COc1cc(F)c(-c2c(C#N)c(N)[nH]c(=O)c2C#N)cc1Br. The Labute approximate surface area is 132 Å². The first-order valence-electron chi connectivity index (χ1n) is 5.84. The minimum Gasteiger partial charge on any atom is -0.495 e. The van der Waals surface area contributed by atoms with Crippen LogP contribution in [0.5, 0.6) is 5.75 Å². The zero-order chi connectivity index (χ0) is 16.4. The van der Waals surface area contributed by atoms with Gasteiger partial charge in [0.15, 0.2) is 0 Å². The lowest BCUT2D eigenvalue weighted by Gasteiger charge is -2.12. The number of nitriles is 2. The van der Waals surface area contributed by atoms with Gasteiger partial charge in [-0.3, -0.25) is 4.79 Å². The molecule has 0 saturated carbocycles. The number of benzene rings is 1. The predicted octanol–water partition coefficient (Wildman–Crippen LogP) is 2.28. The van der Waals surface area contributed by atoms with Gasteiger partial charge in [-0.25, -0.2) is 4.39 Å². The summed E-state index contributed by atoms with van der Waals surface area (Å²) in [6.45, 7) is 0. The third-order valence-corrected chi connectivity index (χ3v) is 3.60. The van der Waals surface area contributed by atoms with Gasteiger partial charge in [-0.1, -0.05) is 0 Å². The van der Waals surface area contributed by atoms with Crippen LogP contribution in [0, 0.1) is 28.5 Å². The first kappa shape index (κ1) is 15.5. The molecule has 0 aliphatic heterocycles. The molecular formula is C14H8BrFN4O2. The number of methoxy groups -OCH3 is 1. The average molecular weight is 363 g/mol. The van der Waals surface area contributed by atoms with Crippen LogP contribution in [0.25, 0.3) is 11.1 Å². The van der Waals surface area contributed by atoms with Crippen molar-refractivity contribution in [3.8, 4) is 29.0 Å². The number of ether oxygens (including phenoxy) is 1. The topological polar surface area (TPSA) is 116 Å². The summed E-state index contributed by atoms with van der Waals surface area (Å²) in [6, 6.07) is 5.86. The molecule has 0 amide bonds. The van der Waals surface area contributed by atoms with Crippen molar-refractivity contribution in [2.24, 2.45) is 0 Å². The van der Waals surface area contributed by atoms with Crippen LogP contribution in [0.1, 0.15) is 11.1 Å². The highest BCUT2D eigenvalue weighted by Gasteiger charge is 2.22. The molecule has 3 N–H and O–H groups in total. The smallest absolute Gasteiger partial charge is 0.268 e. The van der Waals surface area contributed by atoms with E-state index in [-0.39, 0.29) is 33.8 Å². The monoisotopic (exact) mass is 362 g/mol. The van der Waals surface area contributed by atoms with Gasteiger partial charge in [-0.05, 0) is 22.0 Å². The summed E-state index contributed by atoms with van der Waals surface area (Å²) in [5.41, 5.74) is 3.99. The summed E-state index contributed by atoms with van der Waals surface area (Å²) < 4.78 is 19.7. The summed E-state index contributed by atoms with van der Waals surface area (Å²) in [4.78, 5) is 14.0. The highest BCUT2D eigenvalue weighted by atomic mass is 79.9. The average Bonchev–Trinajstić information content (AvgIpc) is 2.48. The lowest BCUT2D eigenvalue weighted by atomic mass is 9.96. The van der Waals surface area contributed by atoms with E-state index < -0.39 is 11.4 Å². The molecule has 1 aromatic carbocycles. The van der Waals surface area contributed by atoms with Crippen molar-refractivity contribution in [2.45, 2.75) is 0 Å². The van der Waals surface area contributed by atoms with Gasteiger partial charge in [0, 0.05) is 17.2 Å². The Hall–Kier alpha value is -2.84. The zero-order valence-corrected chi connectivity index (χ0v) is 12.8. The Kier molecular flexibility index (Phi) is 4.15. The van der Waals surface area contributed by atoms with Crippen LogP contribution < -0.4 is 16.0 Å². The van der Waals surface area contributed by atoms with Gasteiger partial charge in [0.2, 0.25) is 0 Å². The van der Waals surface area contributed by atoms with E-state index >= 15 is 0 Å². The molecule has 2 rings (SSSR count). The predicted molar refractivity (Wildman–Crippen MR) is 80.6 cm³/mol. The number of aromatic amines is 1. The standard InChI is InChI=1S/C14H8BrFN4O2/c1-22-11-3-10(16)6(2-9(11)15)12-7(4-17)13(19)20-14(21)8(12)5-18/h2-3H,1H3,(H3,19,20,21). The van der Waals surface area contributed by atoms with E-state index in [9.17, 15) is 14.4 Å². The van der Waals surface area contributed by atoms with Crippen molar-refractivity contribution in [2.75, 3.05) is 12.8 Å². The first-order chi connectivity index (χ1) is 10.4. The molecule has 0 unspecified atom stereocenters. The Morgan fingerprint density at radius 1 is 1.32 bits per heavy atom. The number of hydrogen-bond acceptors (Lipinski definition) is 5. The number of nitrogens with one attached hydrogen (secondary N) is 1. The minimum atomic E-state index is -0.791. The summed E-state index contributed by atoms with van der Waals surface area (Å²) in [7, 11) is 1.37. The molecule has 110 valence electrons. The zero-order valence-electron chi connectivity index (χ0n) is 11.2. The quantitative estimate of drug-likeness (QED) is 0.849. The van der Waals surface area contributed by atoms with Gasteiger partial charge in [0.1, 0.15) is 40.6 Å². The largest absolute Gasteiger partial charge is 0.495 e. The number of nitrogen functional groups attached to an aromatic ring is 1.